The molecule has 2 unspecified atom stereocenters. The lowest BCUT2D eigenvalue weighted by Gasteiger charge is -2.19. The van der Waals surface area contributed by atoms with E-state index in [2.05, 4.69) is 17.2 Å². The molecule has 1 aliphatic heterocycles. The zero-order valence-electron chi connectivity index (χ0n) is 8.19. The smallest absolute Gasteiger partial charge is 0.184 e. The van der Waals surface area contributed by atoms with Crippen LogP contribution in [0.1, 0.15) is 19.8 Å². The van der Waals surface area contributed by atoms with E-state index in [4.69, 9.17) is 10.5 Å². The van der Waals surface area contributed by atoms with E-state index in [1.165, 1.54) is 11.3 Å². The number of thiazole rings is 1. The van der Waals surface area contributed by atoms with Gasteiger partial charge in [0.25, 0.3) is 0 Å². The average molecular weight is 213 g/mol. The number of nitrogen functional groups attached to an aromatic ring is 1. The van der Waals surface area contributed by atoms with Gasteiger partial charge in [-0.3, -0.25) is 0 Å². The number of aromatic nitrogens is 1. The van der Waals surface area contributed by atoms with Crippen molar-refractivity contribution in [2.75, 3.05) is 17.7 Å². The Labute approximate surface area is 87.5 Å². The van der Waals surface area contributed by atoms with Crippen molar-refractivity contribution in [2.45, 2.75) is 31.9 Å². The van der Waals surface area contributed by atoms with Crippen LogP contribution >= 0.6 is 11.3 Å². The fraction of sp³-hybridized carbons (Fsp3) is 0.667. The Morgan fingerprint density at radius 3 is 3.21 bits per heavy atom. The van der Waals surface area contributed by atoms with Gasteiger partial charge < -0.3 is 15.8 Å². The number of ether oxygens (including phenoxy) is 1. The highest BCUT2D eigenvalue weighted by atomic mass is 32.1. The fourth-order valence-corrected chi connectivity index (χ4v) is 2.32. The quantitative estimate of drug-likeness (QED) is 0.802. The zero-order chi connectivity index (χ0) is 9.97. The summed E-state index contributed by atoms with van der Waals surface area (Å²) in [5.74, 6) is 0. The van der Waals surface area contributed by atoms with E-state index in [1.807, 2.05) is 0 Å². The molecule has 1 aromatic heterocycles. The van der Waals surface area contributed by atoms with E-state index in [0.717, 1.165) is 29.6 Å². The van der Waals surface area contributed by atoms with Crippen LogP contribution in [0.25, 0.3) is 0 Å². The van der Waals surface area contributed by atoms with Crippen LogP contribution in [0.2, 0.25) is 0 Å². The molecule has 1 fully saturated rings. The Bertz CT molecular complexity index is 296. The first kappa shape index (κ1) is 9.73. The predicted molar refractivity (Wildman–Crippen MR) is 58.6 cm³/mol. The number of nitrogens with zero attached hydrogens (tertiary/aromatic N) is 1. The Morgan fingerprint density at radius 2 is 2.64 bits per heavy atom. The molecule has 78 valence electrons. The van der Waals surface area contributed by atoms with Crippen LogP contribution in [0.3, 0.4) is 0 Å². The lowest BCUT2D eigenvalue weighted by molar-refractivity contribution is 0.0996. The number of nitrogens with two attached hydrogens (primary N) is 1. The molecule has 2 heterocycles. The van der Waals surface area contributed by atoms with Gasteiger partial charge in [-0.05, 0) is 19.8 Å². The van der Waals surface area contributed by atoms with Crippen LogP contribution in [0, 0.1) is 0 Å². The molecule has 0 aliphatic carbocycles. The minimum Gasteiger partial charge on any atom is -0.389 e. The SMILES string of the molecule is CC(Nc1ncc(N)s1)C1CCCO1. The number of hydrogen-bond acceptors (Lipinski definition) is 5. The molecule has 1 aromatic rings. The number of rotatable bonds is 3. The van der Waals surface area contributed by atoms with Crippen LogP contribution in [0.5, 0.6) is 0 Å². The van der Waals surface area contributed by atoms with E-state index in [9.17, 15) is 0 Å². The van der Waals surface area contributed by atoms with Gasteiger partial charge in [0.2, 0.25) is 0 Å². The summed E-state index contributed by atoms with van der Waals surface area (Å²) in [6, 6.07) is 0.308. The van der Waals surface area contributed by atoms with Crippen molar-refractivity contribution in [3.05, 3.63) is 6.20 Å². The minimum absolute atomic E-state index is 0.308. The largest absolute Gasteiger partial charge is 0.389 e. The zero-order valence-corrected chi connectivity index (χ0v) is 9.01. The molecule has 2 rings (SSSR count). The third-order valence-corrected chi connectivity index (χ3v) is 3.16. The average Bonchev–Trinajstić information content (AvgIpc) is 2.75. The second-order valence-electron chi connectivity index (χ2n) is 3.55. The minimum atomic E-state index is 0.308. The van der Waals surface area contributed by atoms with Gasteiger partial charge in [-0.1, -0.05) is 11.3 Å². The first-order chi connectivity index (χ1) is 6.75. The van der Waals surface area contributed by atoms with Crippen molar-refractivity contribution in [1.82, 2.24) is 4.98 Å². The molecule has 0 aromatic carbocycles. The van der Waals surface area contributed by atoms with E-state index in [1.54, 1.807) is 6.20 Å². The first-order valence-corrected chi connectivity index (χ1v) is 5.67. The highest BCUT2D eigenvalue weighted by Crippen LogP contribution is 2.23. The van der Waals surface area contributed by atoms with E-state index in [0.29, 0.717) is 12.1 Å². The van der Waals surface area contributed by atoms with Crippen molar-refractivity contribution < 1.29 is 4.74 Å². The molecule has 14 heavy (non-hydrogen) atoms. The second kappa shape index (κ2) is 4.14. The summed E-state index contributed by atoms with van der Waals surface area (Å²) in [6.07, 6.45) is 4.29. The molecule has 2 atom stereocenters. The van der Waals surface area contributed by atoms with Crippen LogP contribution in [-0.2, 0) is 4.74 Å². The maximum Gasteiger partial charge on any atom is 0.184 e. The Morgan fingerprint density at radius 1 is 1.79 bits per heavy atom. The summed E-state index contributed by atoms with van der Waals surface area (Å²) < 4.78 is 5.58. The fourth-order valence-electron chi connectivity index (χ4n) is 1.64. The van der Waals surface area contributed by atoms with Crippen LogP contribution < -0.4 is 11.1 Å². The van der Waals surface area contributed by atoms with Crippen LogP contribution in [0.4, 0.5) is 10.1 Å². The molecule has 1 aliphatic rings. The van der Waals surface area contributed by atoms with Crippen LogP contribution in [0.15, 0.2) is 6.20 Å². The van der Waals surface area contributed by atoms with Gasteiger partial charge in [-0.2, -0.15) is 0 Å². The molecule has 0 amide bonds. The molecule has 1 saturated heterocycles. The maximum atomic E-state index is 5.59. The number of nitrogens with one attached hydrogen (secondary N) is 1. The summed E-state index contributed by atoms with van der Waals surface area (Å²) in [4.78, 5) is 4.15. The lowest BCUT2D eigenvalue weighted by Crippen LogP contribution is -2.29. The van der Waals surface area contributed by atoms with Gasteiger partial charge in [0, 0.05) is 6.61 Å². The topological polar surface area (TPSA) is 60.2 Å². The molecule has 0 saturated carbocycles. The first-order valence-electron chi connectivity index (χ1n) is 4.85. The molecular weight excluding hydrogens is 198 g/mol. The van der Waals surface area contributed by atoms with Gasteiger partial charge in [-0.15, -0.1) is 0 Å². The molecular formula is C9H15N3OS. The Hall–Kier alpha value is -0.810. The van der Waals surface area contributed by atoms with Crippen molar-refractivity contribution >= 4 is 21.5 Å². The lowest BCUT2D eigenvalue weighted by atomic mass is 10.1. The standard InChI is InChI=1S/C9H15N3OS/c1-6(7-3-2-4-13-7)12-9-11-5-8(10)14-9/h5-7H,2-4,10H2,1H3,(H,11,12). The third-order valence-electron chi connectivity index (χ3n) is 2.40. The molecule has 0 spiro atoms. The molecule has 3 N–H and O–H groups in total. The van der Waals surface area contributed by atoms with E-state index < -0.39 is 0 Å². The van der Waals surface area contributed by atoms with Crippen LogP contribution in [-0.4, -0.2) is 23.7 Å². The molecule has 0 bridgehead atoms. The van der Waals surface area contributed by atoms with Crippen molar-refractivity contribution in [1.29, 1.82) is 0 Å². The summed E-state index contributed by atoms with van der Waals surface area (Å²) in [7, 11) is 0. The monoisotopic (exact) mass is 213 g/mol. The summed E-state index contributed by atoms with van der Waals surface area (Å²) >= 11 is 1.47. The molecule has 5 heteroatoms. The normalized spacial score (nSPS) is 23.6. The van der Waals surface area contributed by atoms with Crippen molar-refractivity contribution in [3.63, 3.8) is 0 Å². The van der Waals surface area contributed by atoms with E-state index >= 15 is 0 Å². The van der Waals surface area contributed by atoms with Crippen molar-refractivity contribution in [3.8, 4) is 0 Å². The van der Waals surface area contributed by atoms with Gasteiger partial charge in [0.05, 0.1) is 18.3 Å². The van der Waals surface area contributed by atoms with Crippen molar-refractivity contribution in [2.24, 2.45) is 0 Å². The summed E-state index contributed by atoms with van der Waals surface area (Å²) in [5, 5.41) is 4.93. The van der Waals surface area contributed by atoms with Gasteiger partial charge in [0.1, 0.15) is 5.00 Å². The third kappa shape index (κ3) is 2.16. The second-order valence-corrected chi connectivity index (χ2v) is 4.61. The number of hydrogen-bond donors (Lipinski definition) is 2. The maximum absolute atomic E-state index is 5.59. The Balaban J connectivity index is 1.90. The van der Waals surface area contributed by atoms with E-state index in [-0.39, 0.29) is 0 Å². The number of anilines is 2. The predicted octanol–water partition coefficient (Wildman–Crippen LogP) is 1.70. The van der Waals surface area contributed by atoms with Gasteiger partial charge in [-0.25, -0.2) is 4.98 Å². The summed E-state index contributed by atoms with van der Waals surface area (Å²) in [5.41, 5.74) is 5.59. The highest BCUT2D eigenvalue weighted by molar-refractivity contribution is 7.19. The molecule has 0 radical (unpaired) electrons. The highest BCUT2D eigenvalue weighted by Gasteiger charge is 2.22. The van der Waals surface area contributed by atoms with Gasteiger partial charge >= 0.3 is 0 Å². The molecule has 4 nitrogen and oxygen atoms in total. The Kier molecular flexibility index (Phi) is 2.88. The van der Waals surface area contributed by atoms with Gasteiger partial charge in [0.15, 0.2) is 5.13 Å². The summed E-state index contributed by atoms with van der Waals surface area (Å²) in [6.45, 7) is 3.00.